The largest absolute Gasteiger partial charge is 0.454 e. The van der Waals surface area contributed by atoms with Gasteiger partial charge in [0.1, 0.15) is 5.54 Å². The first-order valence-corrected chi connectivity index (χ1v) is 9.61. The average Bonchev–Trinajstić information content (AvgIpc) is 3.37. The van der Waals surface area contributed by atoms with Crippen LogP contribution in [0.1, 0.15) is 17.0 Å². The molecule has 2 aromatic carbocycles. The first kappa shape index (κ1) is 19.7. The van der Waals surface area contributed by atoms with Gasteiger partial charge in [-0.05, 0) is 49.0 Å². The predicted molar refractivity (Wildman–Crippen MR) is 103 cm³/mol. The minimum Gasteiger partial charge on any atom is -0.454 e. The Kier molecular flexibility index (Phi) is 4.20. The molecule has 0 unspecified atom stereocenters. The molecule has 5 rings (SSSR count). The summed E-state index contributed by atoms with van der Waals surface area (Å²) in [5, 5.41) is 2.82. The number of halogens is 3. The first-order chi connectivity index (χ1) is 14.7. The summed E-state index contributed by atoms with van der Waals surface area (Å²) >= 11 is 0. The SMILES string of the molecule is CN1C[C@H](c2ccc3c(c2)OCO3)[C@]2(C1)NC(=O)N(c1ccc(C(F)(F)F)cc1)C2=O. The van der Waals surface area contributed by atoms with Gasteiger partial charge in [0.05, 0.1) is 11.3 Å². The third kappa shape index (κ3) is 3.01. The third-order valence-corrected chi connectivity index (χ3v) is 5.98. The molecule has 31 heavy (non-hydrogen) atoms. The zero-order chi connectivity index (χ0) is 22.0. The number of nitrogens with zero attached hydrogens (tertiary/aromatic N) is 2. The molecule has 1 N–H and O–H groups in total. The number of imide groups is 1. The fraction of sp³-hybridized carbons (Fsp3) is 0.333. The number of urea groups is 1. The summed E-state index contributed by atoms with van der Waals surface area (Å²) < 4.78 is 49.4. The fourth-order valence-corrected chi connectivity index (χ4v) is 4.56. The van der Waals surface area contributed by atoms with Crippen LogP contribution in [0.25, 0.3) is 0 Å². The van der Waals surface area contributed by atoms with Gasteiger partial charge in [-0.15, -0.1) is 0 Å². The van der Waals surface area contributed by atoms with Crippen molar-refractivity contribution in [2.45, 2.75) is 17.6 Å². The molecule has 0 saturated carbocycles. The minimum atomic E-state index is -4.50. The van der Waals surface area contributed by atoms with E-state index < -0.39 is 29.2 Å². The monoisotopic (exact) mass is 433 g/mol. The van der Waals surface area contributed by atoms with E-state index in [1.165, 1.54) is 0 Å². The topological polar surface area (TPSA) is 71.1 Å². The summed E-state index contributed by atoms with van der Waals surface area (Å²) in [5.74, 6) is 0.308. The van der Waals surface area contributed by atoms with Crippen molar-refractivity contribution in [3.05, 3.63) is 53.6 Å². The number of likely N-dealkylation sites (tertiary alicyclic amines) is 1. The number of nitrogens with one attached hydrogen (secondary N) is 1. The van der Waals surface area contributed by atoms with Gasteiger partial charge in [-0.1, -0.05) is 6.07 Å². The second-order valence-electron chi connectivity index (χ2n) is 7.95. The molecule has 2 fully saturated rings. The first-order valence-electron chi connectivity index (χ1n) is 9.61. The molecule has 3 heterocycles. The van der Waals surface area contributed by atoms with Crippen molar-refractivity contribution >= 4 is 17.6 Å². The zero-order valence-electron chi connectivity index (χ0n) is 16.4. The smallest absolute Gasteiger partial charge is 0.416 e. The van der Waals surface area contributed by atoms with Crippen LogP contribution in [0.5, 0.6) is 11.5 Å². The van der Waals surface area contributed by atoms with Crippen LogP contribution in [0, 0.1) is 0 Å². The quantitative estimate of drug-likeness (QED) is 0.738. The Labute approximate surface area is 175 Å². The van der Waals surface area contributed by atoms with Gasteiger partial charge in [0.25, 0.3) is 5.91 Å². The lowest BCUT2D eigenvalue weighted by Gasteiger charge is -2.28. The number of amides is 3. The molecular weight excluding hydrogens is 415 g/mol. The normalized spacial score (nSPS) is 25.5. The molecule has 1 spiro atoms. The Hall–Kier alpha value is -3.27. The molecule has 3 aliphatic heterocycles. The van der Waals surface area contributed by atoms with Crippen LogP contribution in [-0.4, -0.2) is 49.3 Å². The molecule has 162 valence electrons. The molecule has 7 nitrogen and oxygen atoms in total. The third-order valence-electron chi connectivity index (χ3n) is 5.98. The molecule has 0 aliphatic carbocycles. The van der Waals surface area contributed by atoms with Crippen LogP contribution in [0.2, 0.25) is 0 Å². The van der Waals surface area contributed by atoms with Crippen molar-refractivity contribution < 1.29 is 32.2 Å². The van der Waals surface area contributed by atoms with Crippen molar-refractivity contribution in [3.8, 4) is 11.5 Å². The standard InChI is InChI=1S/C21H18F3N3O4/c1-26-9-15(12-2-7-16-17(8-12)31-11-30-16)20(10-26)18(28)27(19(29)25-20)14-5-3-13(4-6-14)21(22,23)24/h2-8,15H,9-11H2,1H3,(H,25,29)/t15-,20+/m1/s1. The van der Waals surface area contributed by atoms with Gasteiger partial charge in [-0.2, -0.15) is 13.2 Å². The second kappa shape index (κ2) is 6.61. The van der Waals surface area contributed by atoms with Gasteiger partial charge >= 0.3 is 12.2 Å². The highest BCUT2D eigenvalue weighted by atomic mass is 19.4. The van der Waals surface area contributed by atoms with Crippen LogP contribution in [0.3, 0.4) is 0 Å². The lowest BCUT2D eigenvalue weighted by molar-refractivity contribution is -0.137. The number of hydrogen-bond donors (Lipinski definition) is 1. The molecule has 3 aliphatic rings. The minimum absolute atomic E-state index is 0.0892. The molecule has 0 bridgehead atoms. The van der Waals surface area contributed by atoms with Crippen LogP contribution in [0.15, 0.2) is 42.5 Å². The number of rotatable bonds is 2. The summed E-state index contributed by atoms with van der Waals surface area (Å²) in [6.07, 6.45) is -4.50. The Morgan fingerprint density at radius 2 is 1.77 bits per heavy atom. The van der Waals surface area contributed by atoms with Gasteiger partial charge in [0.15, 0.2) is 11.5 Å². The van der Waals surface area contributed by atoms with Gasteiger partial charge < -0.3 is 19.7 Å². The summed E-state index contributed by atoms with van der Waals surface area (Å²) in [6.45, 7) is 0.895. The summed E-state index contributed by atoms with van der Waals surface area (Å²) in [6, 6.07) is 8.71. The number of carbonyl (C=O) groups is 2. The van der Waals surface area contributed by atoms with Crippen LogP contribution in [0.4, 0.5) is 23.7 Å². The van der Waals surface area contributed by atoms with Crippen molar-refractivity contribution in [3.63, 3.8) is 0 Å². The van der Waals surface area contributed by atoms with Crippen LogP contribution >= 0.6 is 0 Å². The molecule has 0 aromatic heterocycles. The van der Waals surface area contributed by atoms with Crippen LogP contribution < -0.4 is 19.7 Å². The van der Waals surface area contributed by atoms with Crippen LogP contribution in [-0.2, 0) is 11.0 Å². The number of ether oxygens (including phenoxy) is 2. The maximum absolute atomic E-state index is 13.5. The highest BCUT2D eigenvalue weighted by Gasteiger charge is 2.60. The Bertz CT molecular complexity index is 1070. The lowest BCUT2D eigenvalue weighted by Crippen LogP contribution is -2.52. The Morgan fingerprint density at radius 3 is 2.48 bits per heavy atom. The van der Waals surface area contributed by atoms with E-state index in [4.69, 9.17) is 9.47 Å². The van der Waals surface area contributed by atoms with E-state index in [9.17, 15) is 22.8 Å². The number of likely N-dealkylation sites (N-methyl/N-ethyl adjacent to an activating group) is 1. The van der Waals surface area contributed by atoms with E-state index in [1.54, 1.807) is 12.1 Å². The molecular formula is C21H18F3N3O4. The van der Waals surface area contributed by atoms with Gasteiger partial charge in [-0.25, -0.2) is 9.69 Å². The van der Waals surface area contributed by atoms with E-state index in [2.05, 4.69) is 5.32 Å². The zero-order valence-corrected chi connectivity index (χ0v) is 16.4. The molecule has 2 saturated heterocycles. The molecule has 2 aromatic rings. The molecule has 10 heteroatoms. The van der Waals surface area contributed by atoms with Gasteiger partial charge in [-0.3, -0.25) is 4.79 Å². The van der Waals surface area contributed by atoms with E-state index in [1.807, 2.05) is 18.0 Å². The van der Waals surface area contributed by atoms with E-state index in [0.717, 1.165) is 34.7 Å². The second-order valence-corrected chi connectivity index (χ2v) is 7.95. The average molecular weight is 433 g/mol. The Morgan fingerprint density at radius 1 is 1.06 bits per heavy atom. The van der Waals surface area contributed by atoms with Crippen molar-refractivity contribution in [2.24, 2.45) is 0 Å². The summed E-state index contributed by atoms with van der Waals surface area (Å²) in [5.41, 5.74) is -1.19. The summed E-state index contributed by atoms with van der Waals surface area (Å²) in [4.78, 5) is 29.2. The van der Waals surface area contributed by atoms with E-state index >= 15 is 0 Å². The molecule has 0 radical (unpaired) electrons. The van der Waals surface area contributed by atoms with Gasteiger partial charge in [0, 0.05) is 19.0 Å². The van der Waals surface area contributed by atoms with E-state index in [-0.39, 0.29) is 24.9 Å². The highest BCUT2D eigenvalue weighted by Crippen LogP contribution is 2.44. The highest BCUT2D eigenvalue weighted by molar-refractivity contribution is 6.24. The number of benzene rings is 2. The number of alkyl halides is 3. The lowest BCUT2D eigenvalue weighted by atomic mass is 9.81. The predicted octanol–water partition coefficient (Wildman–Crippen LogP) is 2.96. The van der Waals surface area contributed by atoms with Crippen molar-refractivity contribution in [1.82, 2.24) is 10.2 Å². The van der Waals surface area contributed by atoms with E-state index in [0.29, 0.717) is 18.0 Å². The number of anilines is 1. The number of carbonyl (C=O) groups excluding carboxylic acids is 2. The number of hydrogen-bond acceptors (Lipinski definition) is 5. The summed E-state index contributed by atoms with van der Waals surface area (Å²) in [7, 11) is 1.84. The maximum Gasteiger partial charge on any atom is 0.416 e. The molecule has 2 atom stereocenters. The molecule has 3 amide bonds. The Balaban J connectivity index is 1.50. The number of fused-ring (bicyclic) bond motifs is 1. The van der Waals surface area contributed by atoms with Crippen molar-refractivity contribution in [1.29, 1.82) is 0 Å². The van der Waals surface area contributed by atoms with Gasteiger partial charge in [0.2, 0.25) is 6.79 Å². The fourth-order valence-electron chi connectivity index (χ4n) is 4.56. The van der Waals surface area contributed by atoms with Crippen molar-refractivity contribution in [2.75, 3.05) is 31.8 Å². The maximum atomic E-state index is 13.5.